The van der Waals surface area contributed by atoms with Gasteiger partial charge in [-0.05, 0) is 74.4 Å². The largest absolute Gasteiger partial charge is 0.319 e. The van der Waals surface area contributed by atoms with Gasteiger partial charge in [-0.3, -0.25) is 0 Å². The van der Waals surface area contributed by atoms with Crippen LogP contribution in [0, 0.1) is 23.6 Å². The van der Waals surface area contributed by atoms with E-state index < -0.39 is 0 Å². The van der Waals surface area contributed by atoms with Crippen molar-refractivity contribution in [2.75, 3.05) is 13.6 Å². The lowest BCUT2D eigenvalue weighted by molar-refractivity contribution is 0.186. The minimum absolute atomic E-state index is 0.140. The summed E-state index contributed by atoms with van der Waals surface area (Å²) in [5.74, 6) is 2.06. The number of rotatable bonds is 4. The summed E-state index contributed by atoms with van der Waals surface area (Å²) in [6, 6.07) is 5.26. The standard InChI is InChI=1S/C16H23BrFN/c1-11-3-4-13(10-19-2)14(5-11)6-12-7-15(17)9-16(18)8-12/h7-9,11,13-14,19H,3-6,10H2,1-2H3. The van der Waals surface area contributed by atoms with Gasteiger partial charge in [-0.25, -0.2) is 4.39 Å². The van der Waals surface area contributed by atoms with Gasteiger partial charge < -0.3 is 5.32 Å². The van der Waals surface area contributed by atoms with Gasteiger partial charge in [0.15, 0.2) is 0 Å². The first-order chi connectivity index (χ1) is 9.08. The fourth-order valence-corrected chi connectivity index (χ4v) is 3.89. The van der Waals surface area contributed by atoms with Crippen LogP contribution in [0.5, 0.6) is 0 Å². The molecule has 0 spiro atoms. The van der Waals surface area contributed by atoms with E-state index in [-0.39, 0.29) is 5.82 Å². The maximum Gasteiger partial charge on any atom is 0.124 e. The van der Waals surface area contributed by atoms with Crippen LogP contribution in [0.4, 0.5) is 4.39 Å². The molecule has 1 fully saturated rings. The zero-order valence-electron chi connectivity index (χ0n) is 11.8. The Morgan fingerprint density at radius 1 is 1.26 bits per heavy atom. The summed E-state index contributed by atoms with van der Waals surface area (Å²) in [5.41, 5.74) is 1.12. The molecule has 1 aromatic carbocycles. The van der Waals surface area contributed by atoms with Crippen molar-refractivity contribution < 1.29 is 4.39 Å². The Morgan fingerprint density at radius 3 is 2.74 bits per heavy atom. The number of hydrogen-bond donors (Lipinski definition) is 1. The maximum atomic E-state index is 13.5. The second-order valence-electron chi connectivity index (χ2n) is 5.98. The molecule has 0 bridgehead atoms. The van der Waals surface area contributed by atoms with Gasteiger partial charge in [0.05, 0.1) is 0 Å². The molecular formula is C16H23BrFN. The van der Waals surface area contributed by atoms with E-state index in [9.17, 15) is 4.39 Å². The molecule has 0 aliphatic heterocycles. The van der Waals surface area contributed by atoms with Gasteiger partial charge in [-0.2, -0.15) is 0 Å². The number of halogens is 2. The lowest BCUT2D eigenvalue weighted by Crippen LogP contribution is -2.32. The van der Waals surface area contributed by atoms with Gasteiger partial charge in [-0.15, -0.1) is 0 Å². The van der Waals surface area contributed by atoms with Crippen LogP contribution in [0.1, 0.15) is 31.7 Å². The van der Waals surface area contributed by atoms with E-state index in [0.29, 0.717) is 5.92 Å². The molecule has 2 rings (SSSR count). The van der Waals surface area contributed by atoms with Crippen LogP contribution in [0.2, 0.25) is 0 Å². The number of hydrogen-bond acceptors (Lipinski definition) is 1. The third-order valence-electron chi connectivity index (χ3n) is 4.29. The Morgan fingerprint density at radius 2 is 2.05 bits per heavy atom. The van der Waals surface area contributed by atoms with Crippen molar-refractivity contribution in [3.63, 3.8) is 0 Å². The van der Waals surface area contributed by atoms with E-state index in [1.165, 1.54) is 25.3 Å². The van der Waals surface area contributed by atoms with Crippen molar-refractivity contribution in [1.29, 1.82) is 0 Å². The monoisotopic (exact) mass is 327 g/mol. The fourth-order valence-electron chi connectivity index (χ4n) is 3.37. The molecule has 106 valence electrons. The molecule has 0 saturated heterocycles. The fraction of sp³-hybridized carbons (Fsp3) is 0.625. The van der Waals surface area contributed by atoms with Gasteiger partial charge >= 0.3 is 0 Å². The predicted molar refractivity (Wildman–Crippen MR) is 81.7 cm³/mol. The molecule has 1 aromatic rings. The molecule has 3 heteroatoms. The van der Waals surface area contributed by atoms with Gasteiger partial charge in [0.25, 0.3) is 0 Å². The van der Waals surface area contributed by atoms with E-state index in [2.05, 4.69) is 34.2 Å². The molecule has 0 heterocycles. The molecule has 1 nitrogen and oxygen atoms in total. The molecule has 1 aliphatic rings. The Labute approximate surface area is 124 Å². The summed E-state index contributed by atoms with van der Waals surface area (Å²) in [6.45, 7) is 3.41. The molecule has 0 amide bonds. The van der Waals surface area contributed by atoms with E-state index in [1.807, 2.05) is 7.05 Å². The van der Waals surface area contributed by atoms with Crippen molar-refractivity contribution in [3.8, 4) is 0 Å². The second-order valence-corrected chi connectivity index (χ2v) is 6.89. The second kappa shape index (κ2) is 6.85. The summed E-state index contributed by atoms with van der Waals surface area (Å²) in [4.78, 5) is 0. The Bertz CT molecular complexity index is 401. The zero-order chi connectivity index (χ0) is 13.8. The van der Waals surface area contributed by atoms with E-state index in [1.54, 1.807) is 6.07 Å². The van der Waals surface area contributed by atoms with Crippen LogP contribution < -0.4 is 5.32 Å². The van der Waals surface area contributed by atoms with Crippen molar-refractivity contribution in [1.82, 2.24) is 5.32 Å². The molecule has 0 radical (unpaired) electrons. The van der Waals surface area contributed by atoms with E-state index in [4.69, 9.17) is 0 Å². The predicted octanol–water partition coefficient (Wildman–Crippen LogP) is 4.40. The normalized spacial score (nSPS) is 27.5. The van der Waals surface area contributed by atoms with Gasteiger partial charge in [0.2, 0.25) is 0 Å². The van der Waals surface area contributed by atoms with Crippen molar-refractivity contribution in [2.24, 2.45) is 17.8 Å². The molecule has 19 heavy (non-hydrogen) atoms. The van der Waals surface area contributed by atoms with Crippen LogP contribution in [-0.4, -0.2) is 13.6 Å². The number of nitrogens with one attached hydrogen (secondary N) is 1. The first-order valence-electron chi connectivity index (χ1n) is 7.18. The Balaban J connectivity index is 2.09. The SMILES string of the molecule is CNCC1CCC(C)CC1Cc1cc(F)cc(Br)c1. The highest BCUT2D eigenvalue weighted by Crippen LogP contribution is 2.36. The highest BCUT2D eigenvalue weighted by molar-refractivity contribution is 9.10. The van der Waals surface area contributed by atoms with Gasteiger partial charge in [-0.1, -0.05) is 29.3 Å². The summed E-state index contributed by atoms with van der Waals surface area (Å²) >= 11 is 3.38. The van der Waals surface area contributed by atoms with Crippen LogP contribution >= 0.6 is 15.9 Å². The molecule has 1 aliphatic carbocycles. The maximum absolute atomic E-state index is 13.5. The average molecular weight is 328 g/mol. The third kappa shape index (κ3) is 4.28. The van der Waals surface area contributed by atoms with Crippen LogP contribution in [0.15, 0.2) is 22.7 Å². The van der Waals surface area contributed by atoms with Crippen molar-refractivity contribution >= 4 is 15.9 Å². The smallest absolute Gasteiger partial charge is 0.124 e. The van der Waals surface area contributed by atoms with E-state index >= 15 is 0 Å². The number of benzene rings is 1. The quantitative estimate of drug-likeness (QED) is 0.864. The highest BCUT2D eigenvalue weighted by Gasteiger charge is 2.28. The Hall–Kier alpha value is -0.410. The topological polar surface area (TPSA) is 12.0 Å². The summed E-state index contributed by atoms with van der Waals surface area (Å²) in [5, 5.41) is 3.31. The Kier molecular flexibility index (Phi) is 5.40. The van der Waals surface area contributed by atoms with Crippen LogP contribution in [0.3, 0.4) is 0 Å². The van der Waals surface area contributed by atoms with Crippen molar-refractivity contribution in [3.05, 3.63) is 34.1 Å². The molecule has 3 atom stereocenters. The van der Waals surface area contributed by atoms with Gasteiger partial charge in [0, 0.05) is 4.47 Å². The molecule has 3 unspecified atom stereocenters. The van der Waals surface area contributed by atoms with Crippen LogP contribution in [-0.2, 0) is 6.42 Å². The minimum atomic E-state index is -0.140. The highest BCUT2D eigenvalue weighted by atomic mass is 79.9. The minimum Gasteiger partial charge on any atom is -0.319 e. The first-order valence-corrected chi connectivity index (χ1v) is 7.97. The zero-order valence-corrected chi connectivity index (χ0v) is 13.3. The van der Waals surface area contributed by atoms with Gasteiger partial charge in [0.1, 0.15) is 5.82 Å². The summed E-state index contributed by atoms with van der Waals surface area (Å²) < 4.78 is 14.3. The molecule has 1 saturated carbocycles. The summed E-state index contributed by atoms with van der Waals surface area (Å²) in [6.07, 6.45) is 4.88. The van der Waals surface area contributed by atoms with E-state index in [0.717, 1.165) is 34.8 Å². The summed E-state index contributed by atoms with van der Waals surface area (Å²) in [7, 11) is 2.02. The molecule has 0 aromatic heterocycles. The first kappa shape index (κ1) is 15.0. The lowest BCUT2D eigenvalue weighted by atomic mass is 9.72. The molecular weight excluding hydrogens is 305 g/mol. The molecule has 1 N–H and O–H groups in total. The van der Waals surface area contributed by atoms with Crippen molar-refractivity contribution in [2.45, 2.75) is 32.6 Å². The van der Waals surface area contributed by atoms with Crippen LogP contribution in [0.25, 0.3) is 0 Å². The average Bonchev–Trinajstić information content (AvgIpc) is 2.31. The lowest BCUT2D eigenvalue weighted by Gasteiger charge is -2.35. The third-order valence-corrected chi connectivity index (χ3v) is 4.75.